The molecule has 0 unspecified atom stereocenters. The fraction of sp³-hybridized carbons (Fsp3) is 0.0455. The van der Waals surface area contributed by atoms with Crippen LogP contribution in [0, 0.1) is 0 Å². The molecule has 4 rings (SSSR count). The molecule has 4 aromatic rings. The number of rotatable bonds is 5. The lowest BCUT2D eigenvalue weighted by atomic mass is 10.2. The number of carbonyl (C=O) groups excluding carboxylic acids is 1. The first-order chi connectivity index (χ1) is 13.7. The van der Waals surface area contributed by atoms with E-state index in [1.54, 1.807) is 42.5 Å². The highest BCUT2D eigenvalue weighted by Crippen LogP contribution is 2.23. The molecule has 1 N–H and O–H groups in total. The first-order valence-corrected chi connectivity index (χ1v) is 8.76. The van der Waals surface area contributed by atoms with Crippen LogP contribution in [0.2, 0.25) is 0 Å². The van der Waals surface area contributed by atoms with Crippen molar-refractivity contribution in [2.24, 2.45) is 0 Å². The summed E-state index contributed by atoms with van der Waals surface area (Å²) in [4.78, 5) is 29.1. The molecule has 0 fully saturated rings. The molecular formula is C22H17N3O3. The minimum Gasteiger partial charge on any atom is -0.457 e. The molecule has 6 nitrogen and oxygen atoms in total. The Labute approximate surface area is 161 Å². The summed E-state index contributed by atoms with van der Waals surface area (Å²) >= 11 is 0. The lowest BCUT2D eigenvalue weighted by molar-refractivity contribution is -0.116. The van der Waals surface area contributed by atoms with E-state index in [9.17, 15) is 9.59 Å². The van der Waals surface area contributed by atoms with Crippen molar-refractivity contribution in [2.75, 3.05) is 5.32 Å². The number of nitrogens with zero attached hydrogens (tertiary/aromatic N) is 2. The highest BCUT2D eigenvalue weighted by atomic mass is 16.5. The van der Waals surface area contributed by atoms with Crippen LogP contribution in [0.4, 0.5) is 5.69 Å². The van der Waals surface area contributed by atoms with Gasteiger partial charge in [-0.3, -0.25) is 14.2 Å². The maximum absolute atomic E-state index is 12.5. The fourth-order valence-electron chi connectivity index (χ4n) is 2.84. The molecule has 0 saturated carbocycles. The van der Waals surface area contributed by atoms with Gasteiger partial charge in [0.2, 0.25) is 5.91 Å². The standard InChI is InChI=1S/C22H17N3O3/c26-21(14-25-15-23-20-12-5-4-11-19(20)22(25)27)24-16-7-6-10-18(13-16)28-17-8-2-1-3-9-17/h1-13,15H,14H2,(H,24,26). The Bertz CT molecular complexity index is 1190. The van der Waals surface area contributed by atoms with Gasteiger partial charge >= 0.3 is 0 Å². The zero-order chi connectivity index (χ0) is 19.3. The molecule has 0 aliphatic heterocycles. The fourth-order valence-corrected chi connectivity index (χ4v) is 2.84. The van der Waals surface area contributed by atoms with Gasteiger partial charge in [-0.15, -0.1) is 0 Å². The van der Waals surface area contributed by atoms with Crippen LogP contribution in [0.1, 0.15) is 0 Å². The number of hydrogen-bond acceptors (Lipinski definition) is 4. The van der Waals surface area contributed by atoms with E-state index in [0.717, 1.165) is 0 Å². The van der Waals surface area contributed by atoms with E-state index < -0.39 is 0 Å². The summed E-state index contributed by atoms with van der Waals surface area (Å²) in [5.41, 5.74) is 0.942. The monoisotopic (exact) mass is 371 g/mol. The van der Waals surface area contributed by atoms with Crippen LogP contribution in [0.25, 0.3) is 10.9 Å². The number of nitrogens with one attached hydrogen (secondary N) is 1. The van der Waals surface area contributed by atoms with Crippen LogP contribution in [0.15, 0.2) is 90.0 Å². The quantitative estimate of drug-likeness (QED) is 0.579. The lowest BCUT2D eigenvalue weighted by Crippen LogP contribution is -2.27. The summed E-state index contributed by atoms with van der Waals surface area (Å²) in [7, 11) is 0. The molecule has 6 heteroatoms. The van der Waals surface area contributed by atoms with Crippen molar-refractivity contribution in [1.29, 1.82) is 0 Å². The predicted molar refractivity (Wildman–Crippen MR) is 108 cm³/mol. The van der Waals surface area contributed by atoms with Crippen LogP contribution >= 0.6 is 0 Å². The third-order valence-electron chi connectivity index (χ3n) is 4.14. The Morgan fingerprint density at radius 2 is 1.68 bits per heavy atom. The van der Waals surface area contributed by atoms with Crippen molar-refractivity contribution < 1.29 is 9.53 Å². The van der Waals surface area contributed by atoms with Gasteiger partial charge in [-0.2, -0.15) is 0 Å². The van der Waals surface area contributed by atoms with Crippen LogP contribution < -0.4 is 15.6 Å². The molecule has 0 saturated heterocycles. The van der Waals surface area contributed by atoms with Gasteiger partial charge in [0.1, 0.15) is 18.0 Å². The van der Waals surface area contributed by atoms with Crippen LogP contribution in [0.5, 0.6) is 11.5 Å². The van der Waals surface area contributed by atoms with Gasteiger partial charge < -0.3 is 10.1 Å². The Kier molecular flexibility index (Phi) is 4.84. The zero-order valence-corrected chi connectivity index (χ0v) is 14.9. The first kappa shape index (κ1) is 17.5. The highest BCUT2D eigenvalue weighted by Gasteiger charge is 2.09. The number of aromatic nitrogens is 2. The largest absolute Gasteiger partial charge is 0.457 e. The second-order valence-corrected chi connectivity index (χ2v) is 6.19. The molecule has 0 spiro atoms. The van der Waals surface area contributed by atoms with Crippen molar-refractivity contribution in [1.82, 2.24) is 9.55 Å². The molecule has 0 bridgehead atoms. The van der Waals surface area contributed by atoms with Gasteiger partial charge in [-0.1, -0.05) is 36.4 Å². The topological polar surface area (TPSA) is 73.2 Å². The van der Waals surface area contributed by atoms with Crippen LogP contribution in [0.3, 0.4) is 0 Å². The molecule has 0 atom stereocenters. The van der Waals surface area contributed by atoms with Gasteiger partial charge in [0.15, 0.2) is 0 Å². The molecule has 0 aliphatic carbocycles. The number of para-hydroxylation sites is 2. The normalized spacial score (nSPS) is 10.6. The molecule has 1 aromatic heterocycles. The Balaban J connectivity index is 1.48. The molecule has 138 valence electrons. The third-order valence-corrected chi connectivity index (χ3v) is 4.14. The number of fused-ring (bicyclic) bond motifs is 1. The van der Waals surface area contributed by atoms with E-state index in [1.807, 2.05) is 36.4 Å². The Morgan fingerprint density at radius 3 is 2.54 bits per heavy atom. The minimum atomic E-state index is -0.323. The van der Waals surface area contributed by atoms with Crippen molar-refractivity contribution in [3.8, 4) is 11.5 Å². The van der Waals surface area contributed by atoms with Crippen molar-refractivity contribution in [3.05, 3.63) is 95.5 Å². The summed E-state index contributed by atoms with van der Waals surface area (Å²) in [5.74, 6) is 0.990. The molecule has 3 aromatic carbocycles. The van der Waals surface area contributed by atoms with Crippen LogP contribution in [-0.4, -0.2) is 15.5 Å². The number of amides is 1. The van der Waals surface area contributed by atoms with E-state index in [2.05, 4.69) is 10.3 Å². The average Bonchev–Trinajstić information content (AvgIpc) is 2.71. The van der Waals surface area contributed by atoms with Gasteiger partial charge in [0.25, 0.3) is 5.56 Å². The average molecular weight is 371 g/mol. The highest BCUT2D eigenvalue weighted by molar-refractivity contribution is 5.91. The van der Waals surface area contributed by atoms with E-state index >= 15 is 0 Å². The van der Waals surface area contributed by atoms with Crippen LogP contribution in [-0.2, 0) is 11.3 Å². The smallest absolute Gasteiger partial charge is 0.261 e. The number of benzene rings is 3. The third kappa shape index (κ3) is 3.91. The molecule has 0 aliphatic rings. The van der Waals surface area contributed by atoms with Crippen molar-refractivity contribution in [2.45, 2.75) is 6.54 Å². The van der Waals surface area contributed by atoms with Gasteiger partial charge in [-0.05, 0) is 36.4 Å². The van der Waals surface area contributed by atoms with E-state index in [-0.39, 0.29) is 18.0 Å². The van der Waals surface area contributed by atoms with Crippen molar-refractivity contribution >= 4 is 22.5 Å². The SMILES string of the molecule is O=C(Cn1cnc2ccccc2c1=O)Nc1cccc(Oc2ccccc2)c1. The number of anilines is 1. The molecular weight excluding hydrogens is 354 g/mol. The predicted octanol–water partition coefficient (Wildman–Crippen LogP) is 3.83. The Hall–Kier alpha value is -3.93. The zero-order valence-electron chi connectivity index (χ0n) is 14.9. The Morgan fingerprint density at radius 1 is 0.929 bits per heavy atom. The van der Waals surface area contributed by atoms with Gasteiger partial charge in [0, 0.05) is 11.8 Å². The van der Waals surface area contributed by atoms with Crippen molar-refractivity contribution in [3.63, 3.8) is 0 Å². The minimum absolute atomic E-state index is 0.125. The van der Waals surface area contributed by atoms with Gasteiger partial charge in [0.05, 0.1) is 17.2 Å². The number of carbonyl (C=O) groups is 1. The summed E-state index contributed by atoms with van der Waals surface area (Å²) in [6, 6.07) is 23.5. The molecule has 28 heavy (non-hydrogen) atoms. The van der Waals surface area contributed by atoms with E-state index in [1.165, 1.54) is 10.9 Å². The van der Waals surface area contributed by atoms with Gasteiger partial charge in [-0.25, -0.2) is 4.98 Å². The van der Waals surface area contributed by atoms with E-state index in [4.69, 9.17) is 4.74 Å². The maximum Gasteiger partial charge on any atom is 0.261 e. The number of ether oxygens (including phenoxy) is 1. The second kappa shape index (κ2) is 7.75. The number of hydrogen-bond donors (Lipinski definition) is 1. The summed E-state index contributed by atoms with van der Waals surface area (Å²) in [6.45, 7) is -0.125. The molecule has 1 heterocycles. The first-order valence-electron chi connectivity index (χ1n) is 8.76. The molecule has 0 radical (unpaired) electrons. The second-order valence-electron chi connectivity index (χ2n) is 6.19. The summed E-state index contributed by atoms with van der Waals surface area (Å²) in [6.07, 6.45) is 1.39. The maximum atomic E-state index is 12.5. The lowest BCUT2D eigenvalue weighted by Gasteiger charge is -2.10. The summed E-state index contributed by atoms with van der Waals surface area (Å²) in [5, 5.41) is 3.27. The summed E-state index contributed by atoms with van der Waals surface area (Å²) < 4.78 is 7.06. The molecule has 1 amide bonds. The van der Waals surface area contributed by atoms with E-state index in [0.29, 0.717) is 28.1 Å².